The molecule has 0 heterocycles. The van der Waals surface area contributed by atoms with Crippen LogP contribution < -0.4 is 0 Å². The van der Waals surface area contributed by atoms with Gasteiger partial charge in [0.2, 0.25) is 0 Å². The molecule has 2 heteroatoms. The van der Waals surface area contributed by atoms with Crippen LogP contribution in [0.1, 0.15) is 97.3 Å². The Balaban J connectivity index is 2.09. The highest BCUT2D eigenvalue weighted by Gasteiger charge is 2.19. The predicted molar refractivity (Wildman–Crippen MR) is 113 cm³/mol. The van der Waals surface area contributed by atoms with E-state index in [9.17, 15) is 5.11 Å². The Kier molecular flexibility index (Phi) is 13.9. The van der Waals surface area contributed by atoms with Crippen LogP contribution in [0.3, 0.4) is 0 Å². The van der Waals surface area contributed by atoms with Crippen molar-refractivity contribution in [3.63, 3.8) is 0 Å². The van der Waals surface area contributed by atoms with Gasteiger partial charge in [0, 0.05) is 0 Å². The third-order valence-corrected chi connectivity index (χ3v) is 5.90. The second-order valence-electron chi connectivity index (χ2n) is 8.44. The molecule has 0 amide bonds. The molecule has 4 atom stereocenters. The van der Waals surface area contributed by atoms with Crippen LogP contribution in [-0.4, -0.2) is 22.9 Å². The molecule has 26 heavy (non-hydrogen) atoms. The number of aliphatic hydroxyl groups excluding tert-OH is 2. The third-order valence-electron chi connectivity index (χ3n) is 5.90. The molecule has 0 spiro atoms. The smallest absolute Gasteiger partial charge is 0.0770 e. The van der Waals surface area contributed by atoms with Gasteiger partial charge in [0.15, 0.2) is 0 Å². The Morgan fingerprint density at radius 1 is 1.04 bits per heavy atom. The van der Waals surface area contributed by atoms with Crippen molar-refractivity contribution >= 4 is 0 Å². The van der Waals surface area contributed by atoms with Gasteiger partial charge in [-0.05, 0) is 49.9 Å². The molecule has 0 bridgehead atoms. The lowest BCUT2D eigenvalue weighted by Gasteiger charge is -2.16. The summed E-state index contributed by atoms with van der Waals surface area (Å²) in [5.41, 5.74) is 0. The fourth-order valence-corrected chi connectivity index (χ4v) is 4.01. The third kappa shape index (κ3) is 11.2. The quantitative estimate of drug-likeness (QED) is 0.245. The summed E-state index contributed by atoms with van der Waals surface area (Å²) in [7, 11) is 0. The van der Waals surface area contributed by atoms with E-state index in [1.807, 2.05) is 0 Å². The van der Waals surface area contributed by atoms with E-state index in [0.717, 1.165) is 24.7 Å². The van der Waals surface area contributed by atoms with Crippen molar-refractivity contribution in [2.24, 2.45) is 17.8 Å². The van der Waals surface area contributed by atoms with Crippen molar-refractivity contribution in [1.82, 2.24) is 0 Å². The summed E-state index contributed by atoms with van der Waals surface area (Å²) < 4.78 is 0. The molecule has 0 aromatic rings. The summed E-state index contributed by atoms with van der Waals surface area (Å²) in [5.74, 6) is 2.32. The van der Waals surface area contributed by atoms with Crippen LogP contribution in [0.15, 0.2) is 24.3 Å². The van der Waals surface area contributed by atoms with Gasteiger partial charge < -0.3 is 10.2 Å². The first-order valence-electron chi connectivity index (χ1n) is 11.3. The lowest BCUT2D eigenvalue weighted by atomic mass is 9.89. The molecule has 2 unspecified atom stereocenters. The van der Waals surface area contributed by atoms with E-state index in [-0.39, 0.29) is 6.61 Å². The van der Waals surface area contributed by atoms with Gasteiger partial charge in [-0.1, -0.05) is 89.5 Å². The molecule has 0 aliphatic heterocycles. The average molecular weight is 365 g/mol. The van der Waals surface area contributed by atoms with Crippen LogP contribution in [0.5, 0.6) is 0 Å². The van der Waals surface area contributed by atoms with Gasteiger partial charge in [-0.15, -0.1) is 0 Å². The molecule has 1 aliphatic carbocycles. The van der Waals surface area contributed by atoms with Crippen LogP contribution >= 0.6 is 0 Å². The predicted octanol–water partition coefficient (Wildman–Crippen LogP) is 6.43. The fourth-order valence-electron chi connectivity index (χ4n) is 4.01. The molecular formula is C24H44O2. The summed E-state index contributed by atoms with van der Waals surface area (Å²) in [6, 6.07) is 0. The number of aliphatic hydroxyl groups is 2. The summed E-state index contributed by atoms with van der Waals surface area (Å²) >= 11 is 0. The lowest BCUT2D eigenvalue weighted by Crippen LogP contribution is -2.11. The van der Waals surface area contributed by atoms with Gasteiger partial charge in [0.05, 0.1) is 12.7 Å². The molecule has 0 fully saturated rings. The first-order valence-corrected chi connectivity index (χ1v) is 11.3. The minimum atomic E-state index is -0.516. The number of allylic oxidation sites excluding steroid dienone is 4. The van der Waals surface area contributed by atoms with Crippen molar-refractivity contribution in [2.45, 2.75) is 103 Å². The van der Waals surface area contributed by atoms with Crippen molar-refractivity contribution in [3.05, 3.63) is 24.3 Å². The van der Waals surface area contributed by atoms with Crippen LogP contribution in [0.4, 0.5) is 0 Å². The zero-order valence-electron chi connectivity index (χ0n) is 17.4. The van der Waals surface area contributed by atoms with E-state index >= 15 is 0 Å². The van der Waals surface area contributed by atoms with Gasteiger partial charge in [-0.2, -0.15) is 0 Å². The van der Waals surface area contributed by atoms with E-state index < -0.39 is 6.10 Å². The Morgan fingerprint density at radius 2 is 1.81 bits per heavy atom. The first kappa shape index (κ1) is 23.4. The van der Waals surface area contributed by atoms with E-state index in [2.05, 4.69) is 38.2 Å². The number of hydrogen-bond acceptors (Lipinski definition) is 2. The topological polar surface area (TPSA) is 40.5 Å². The lowest BCUT2D eigenvalue weighted by molar-refractivity contribution is 0.0859. The van der Waals surface area contributed by atoms with Crippen molar-refractivity contribution in [1.29, 1.82) is 0 Å². The molecule has 0 aromatic carbocycles. The van der Waals surface area contributed by atoms with E-state index in [4.69, 9.17) is 5.11 Å². The second kappa shape index (κ2) is 15.5. The summed E-state index contributed by atoms with van der Waals surface area (Å²) in [4.78, 5) is 0. The summed E-state index contributed by atoms with van der Waals surface area (Å²) in [6.07, 6.45) is 25.3. The SMILES string of the molecule is CCCCCC(C)CCC=C[C@H]1C=CC[C@@H]1CCCCCCC(O)CO. The van der Waals surface area contributed by atoms with Gasteiger partial charge in [0.25, 0.3) is 0 Å². The molecule has 2 nitrogen and oxygen atoms in total. The van der Waals surface area contributed by atoms with Crippen molar-refractivity contribution in [2.75, 3.05) is 6.61 Å². The first-order chi connectivity index (χ1) is 12.7. The van der Waals surface area contributed by atoms with Crippen LogP contribution in [0.2, 0.25) is 0 Å². The normalized spacial score (nSPS) is 22.3. The molecule has 2 N–H and O–H groups in total. The van der Waals surface area contributed by atoms with Crippen molar-refractivity contribution in [3.8, 4) is 0 Å². The summed E-state index contributed by atoms with van der Waals surface area (Å²) in [6.45, 7) is 4.58. The maximum absolute atomic E-state index is 9.35. The van der Waals surface area contributed by atoms with Gasteiger partial charge in [-0.3, -0.25) is 0 Å². The van der Waals surface area contributed by atoms with Gasteiger partial charge in [-0.25, -0.2) is 0 Å². The highest BCUT2D eigenvalue weighted by Crippen LogP contribution is 2.31. The Hall–Kier alpha value is -0.600. The fraction of sp³-hybridized carbons (Fsp3) is 0.833. The molecule has 0 aromatic heterocycles. The van der Waals surface area contributed by atoms with Gasteiger partial charge in [0.1, 0.15) is 0 Å². The second-order valence-corrected chi connectivity index (χ2v) is 8.44. The molecule has 0 radical (unpaired) electrons. The molecular weight excluding hydrogens is 320 g/mol. The summed E-state index contributed by atoms with van der Waals surface area (Å²) in [5, 5.41) is 18.2. The number of hydrogen-bond donors (Lipinski definition) is 2. The van der Waals surface area contributed by atoms with Gasteiger partial charge >= 0.3 is 0 Å². The van der Waals surface area contributed by atoms with E-state index in [1.165, 1.54) is 70.6 Å². The largest absolute Gasteiger partial charge is 0.394 e. The van der Waals surface area contributed by atoms with E-state index in [1.54, 1.807) is 0 Å². The number of rotatable bonds is 16. The molecule has 0 saturated heterocycles. The Bertz CT molecular complexity index is 374. The maximum Gasteiger partial charge on any atom is 0.0770 e. The maximum atomic E-state index is 9.35. The zero-order chi connectivity index (χ0) is 19.0. The average Bonchev–Trinajstić information content (AvgIpc) is 3.09. The number of unbranched alkanes of at least 4 members (excludes halogenated alkanes) is 5. The van der Waals surface area contributed by atoms with Crippen molar-refractivity contribution < 1.29 is 10.2 Å². The Labute approximate surface area is 162 Å². The van der Waals surface area contributed by atoms with Crippen LogP contribution in [0, 0.1) is 17.8 Å². The van der Waals surface area contributed by atoms with Crippen LogP contribution in [0.25, 0.3) is 0 Å². The minimum Gasteiger partial charge on any atom is -0.394 e. The molecule has 1 aliphatic rings. The highest BCUT2D eigenvalue weighted by atomic mass is 16.3. The molecule has 152 valence electrons. The molecule has 1 rings (SSSR count). The monoisotopic (exact) mass is 364 g/mol. The van der Waals surface area contributed by atoms with Crippen LogP contribution in [-0.2, 0) is 0 Å². The highest BCUT2D eigenvalue weighted by molar-refractivity contribution is 5.09. The minimum absolute atomic E-state index is 0.0979. The zero-order valence-corrected chi connectivity index (χ0v) is 17.4. The van der Waals surface area contributed by atoms with E-state index in [0.29, 0.717) is 5.92 Å². The standard InChI is InChI=1S/C24H44O2/c1-3-4-7-13-21(2)14-10-11-16-23-18-12-17-22(23)15-8-5-6-9-19-24(26)20-25/h11-12,16,18,21-26H,3-10,13-15,17,19-20H2,1-2H3/t21?,22-,23-,24?/m0/s1. The molecule has 0 saturated carbocycles. The Morgan fingerprint density at radius 3 is 2.58 bits per heavy atom.